The molecule has 0 aromatic heterocycles. The van der Waals surface area contributed by atoms with Crippen LogP contribution in [0.3, 0.4) is 0 Å². The fourth-order valence-corrected chi connectivity index (χ4v) is 0.846. The van der Waals surface area contributed by atoms with Gasteiger partial charge in [-0.2, -0.15) is 0 Å². The van der Waals surface area contributed by atoms with Crippen LogP contribution in [0.5, 0.6) is 0 Å². The van der Waals surface area contributed by atoms with Crippen LogP contribution in [0, 0.1) is 11.8 Å². The Morgan fingerprint density at radius 3 is 2.18 bits per heavy atom. The van der Waals surface area contributed by atoms with E-state index >= 15 is 0 Å². The first-order valence-electron chi connectivity index (χ1n) is 4.33. The van der Waals surface area contributed by atoms with Crippen LogP contribution in [0.25, 0.3) is 0 Å². The van der Waals surface area contributed by atoms with Gasteiger partial charge in [0.25, 0.3) is 0 Å². The van der Waals surface area contributed by atoms with E-state index in [1.165, 1.54) is 0 Å². The maximum Gasteiger partial charge on any atom is 0.0580 e. The standard InChI is InChI=1S/C10H19N/c1-5-8-9-11-10(4,6-2)7-3/h11H,6-7,9H2,1-4H3. The highest BCUT2D eigenvalue weighted by Crippen LogP contribution is 2.12. The Kier molecular flexibility index (Phi) is 4.98. The minimum atomic E-state index is 0.282. The van der Waals surface area contributed by atoms with Gasteiger partial charge in [0, 0.05) is 5.54 Å². The van der Waals surface area contributed by atoms with Crippen LogP contribution >= 0.6 is 0 Å². The minimum absolute atomic E-state index is 0.282. The Morgan fingerprint density at radius 1 is 1.27 bits per heavy atom. The summed E-state index contributed by atoms with van der Waals surface area (Å²) >= 11 is 0. The number of hydrogen-bond donors (Lipinski definition) is 1. The zero-order valence-corrected chi connectivity index (χ0v) is 8.12. The zero-order chi connectivity index (χ0) is 8.74. The van der Waals surface area contributed by atoms with Gasteiger partial charge in [0.1, 0.15) is 0 Å². The molecule has 0 aliphatic carbocycles. The molecule has 0 aromatic rings. The third-order valence-corrected chi connectivity index (χ3v) is 2.34. The van der Waals surface area contributed by atoms with Crippen molar-refractivity contribution in [3.8, 4) is 11.8 Å². The normalized spacial score (nSPS) is 10.5. The lowest BCUT2D eigenvalue weighted by atomic mass is 9.96. The molecule has 0 unspecified atom stereocenters. The maximum atomic E-state index is 3.42. The number of hydrogen-bond acceptors (Lipinski definition) is 1. The Labute approximate surface area is 70.6 Å². The molecule has 11 heavy (non-hydrogen) atoms. The van der Waals surface area contributed by atoms with Gasteiger partial charge in [-0.15, -0.1) is 5.92 Å². The topological polar surface area (TPSA) is 12.0 Å². The molecule has 0 bridgehead atoms. The molecule has 1 N–H and O–H groups in total. The van der Waals surface area contributed by atoms with E-state index in [-0.39, 0.29) is 5.54 Å². The summed E-state index contributed by atoms with van der Waals surface area (Å²) in [5, 5.41) is 3.42. The van der Waals surface area contributed by atoms with Crippen LogP contribution in [-0.2, 0) is 0 Å². The van der Waals surface area contributed by atoms with Crippen molar-refractivity contribution < 1.29 is 0 Å². The van der Waals surface area contributed by atoms with Crippen molar-refractivity contribution in [2.75, 3.05) is 6.54 Å². The molecule has 0 saturated heterocycles. The third-order valence-electron chi connectivity index (χ3n) is 2.34. The zero-order valence-electron chi connectivity index (χ0n) is 8.12. The van der Waals surface area contributed by atoms with Gasteiger partial charge < -0.3 is 5.32 Å². The van der Waals surface area contributed by atoms with Gasteiger partial charge in [-0.3, -0.25) is 0 Å². The molecule has 0 spiro atoms. The quantitative estimate of drug-likeness (QED) is 0.610. The lowest BCUT2D eigenvalue weighted by Gasteiger charge is -2.27. The molecule has 0 saturated carbocycles. The average Bonchev–Trinajstić information content (AvgIpc) is 2.05. The van der Waals surface area contributed by atoms with Crippen molar-refractivity contribution in [2.24, 2.45) is 0 Å². The summed E-state index contributed by atoms with van der Waals surface area (Å²) in [6.45, 7) is 9.34. The smallest absolute Gasteiger partial charge is 0.0580 e. The molecule has 0 aromatic carbocycles. The molecule has 1 heteroatoms. The van der Waals surface area contributed by atoms with Gasteiger partial charge in [0.15, 0.2) is 0 Å². The fraction of sp³-hybridized carbons (Fsp3) is 0.800. The van der Waals surface area contributed by atoms with Gasteiger partial charge in [-0.05, 0) is 26.7 Å². The summed E-state index contributed by atoms with van der Waals surface area (Å²) in [5.74, 6) is 5.89. The van der Waals surface area contributed by atoms with Crippen molar-refractivity contribution in [3.05, 3.63) is 0 Å². The molecule has 0 heterocycles. The highest BCUT2D eigenvalue weighted by Gasteiger charge is 2.16. The van der Waals surface area contributed by atoms with E-state index in [2.05, 4.69) is 37.9 Å². The number of nitrogens with one attached hydrogen (secondary N) is 1. The van der Waals surface area contributed by atoms with Crippen molar-refractivity contribution >= 4 is 0 Å². The lowest BCUT2D eigenvalue weighted by molar-refractivity contribution is 0.348. The molecule has 64 valence electrons. The van der Waals surface area contributed by atoms with E-state index in [0.29, 0.717) is 0 Å². The Morgan fingerprint density at radius 2 is 1.82 bits per heavy atom. The van der Waals surface area contributed by atoms with Gasteiger partial charge in [0.05, 0.1) is 6.54 Å². The Bertz CT molecular complexity index is 146. The number of rotatable bonds is 4. The van der Waals surface area contributed by atoms with E-state index in [4.69, 9.17) is 0 Å². The molecule has 0 radical (unpaired) electrons. The monoisotopic (exact) mass is 153 g/mol. The lowest BCUT2D eigenvalue weighted by Crippen LogP contribution is -2.41. The molecule has 0 aliphatic rings. The fourth-order valence-electron chi connectivity index (χ4n) is 0.846. The molecule has 0 amide bonds. The van der Waals surface area contributed by atoms with Crippen LogP contribution in [0.2, 0.25) is 0 Å². The van der Waals surface area contributed by atoms with Crippen molar-refractivity contribution in [2.45, 2.75) is 46.1 Å². The largest absolute Gasteiger partial charge is 0.301 e. The molecular formula is C10H19N. The Hall–Kier alpha value is -0.480. The Balaban J connectivity index is 3.74. The summed E-state index contributed by atoms with van der Waals surface area (Å²) in [7, 11) is 0. The van der Waals surface area contributed by atoms with Crippen molar-refractivity contribution in [1.29, 1.82) is 0 Å². The second-order valence-electron chi connectivity index (χ2n) is 3.05. The highest BCUT2D eigenvalue weighted by atomic mass is 14.9. The molecular weight excluding hydrogens is 134 g/mol. The molecule has 0 aliphatic heterocycles. The third kappa shape index (κ3) is 4.06. The second kappa shape index (κ2) is 5.21. The summed E-state index contributed by atoms with van der Waals surface area (Å²) in [5.41, 5.74) is 0.282. The second-order valence-corrected chi connectivity index (χ2v) is 3.05. The first-order valence-corrected chi connectivity index (χ1v) is 4.33. The highest BCUT2D eigenvalue weighted by molar-refractivity contribution is 4.99. The van der Waals surface area contributed by atoms with Gasteiger partial charge in [-0.1, -0.05) is 19.8 Å². The van der Waals surface area contributed by atoms with Crippen molar-refractivity contribution in [1.82, 2.24) is 5.32 Å². The van der Waals surface area contributed by atoms with Gasteiger partial charge >= 0.3 is 0 Å². The van der Waals surface area contributed by atoms with E-state index in [1.807, 2.05) is 6.92 Å². The summed E-state index contributed by atoms with van der Waals surface area (Å²) in [6.07, 6.45) is 2.32. The van der Waals surface area contributed by atoms with Gasteiger partial charge in [-0.25, -0.2) is 0 Å². The van der Waals surface area contributed by atoms with Crippen LogP contribution in [0.1, 0.15) is 40.5 Å². The molecule has 0 fully saturated rings. The van der Waals surface area contributed by atoms with E-state index in [9.17, 15) is 0 Å². The minimum Gasteiger partial charge on any atom is -0.301 e. The maximum absolute atomic E-state index is 3.42. The SMILES string of the molecule is CC#CCNC(C)(CC)CC. The summed E-state index contributed by atoms with van der Waals surface area (Å²) in [6, 6.07) is 0. The summed E-state index contributed by atoms with van der Waals surface area (Å²) < 4.78 is 0. The predicted molar refractivity (Wildman–Crippen MR) is 50.4 cm³/mol. The first kappa shape index (κ1) is 10.5. The summed E-state index contributed by atoms with van der Waals surface area (Å²) in [4.78, 5) is 0. The first-order chi connectivity index (χ1) is 5.18. The van der Waals surface area contributed by atoms with Crippen LogP contribution in [-0.4, -0.2) is 12.1 Å². The molecule has 0 rings (SSSR count). The van der Waals surface area contributed by atoms with Gasteiger partial charge in [0.2, 0.25) is 0 Å². The van der Waals surface area contributed by atoms with E-state index < -0.39 is 0 Å². The van der Waals surface area contributed by atoms with Crippen LogP contribution < -0.4 is 5.32 Å². The van der Waals surface area contributed by atoms with Crippen LogP contribution in [0.4, 0.5) is 0 Å². The molecule has 1 nitrogen and oxygen atoms in total. The predicted octanol–water partition coefficient (Wildman–Crippen LogP) is 2.18. The van der Waals surface area contributed by atoms with Crippen molar-refractivity contribution in [3.63, 3.8) is 0 Å². The average molecular weight is 153 g/mol. The van der Waals surface area contributed by atoms with E-state index in [1.54, 1.807) is 0 Å². The molecule has 0 atom stereocenters. The van der Waals surface area contributed by atoms with Crippen LogP contribution in [0.15, 0.2) is 0 Å². The van der Waals surface area contributed by atoms with E-state index in [0.717, 1.165) is 19.4 Å².